The van der Waals surface area contributed by atoms with E-state index < -0.39 is 7.22 Å². The summed E-state index contributed by atoms with van der Waals surface area (Å²) in [5, 5.41) is 0. The third-order valence-electron chi connectivity index (χ3n) is 1.59. The maximum absolute atomic E-state index is 4.52. The molecular formula is C9H18SSi. The van der Waals surface area contributed by atoms with Crippen molar-refractivity contribution in [1.82, 2.24) is 0 Å². The predicted molar refractivity (Wildman–Crippen MR) is 59.5 cm³/mol. The van der Waals surface area contributed by atoms with Crippen LogP contribution in [0.2, 0.25) is 6.55 Å². The van der Waals surface area contributed by atoms with Crippen molar-refractivity contribution < 1.29 is 0 Å². The zero-order chi connectivity index (χ0) is 8.74. The van der Waals surface area contributed by atoms with Crippen molar-refractivity contribution in [3.05, 3.63) is 24.1 Å². The maximum atomic E-state index is 4.52. The molecule has 1 unspecified atom stereocenters. The number of allylic oxidation sites excluding steroid dienone is 1. The summed E-state index contributed by atoms with van der Waals surface area (Å²) >= 11 is 4.52. The van der Waals surface area contributed by atoms with Gasteiger partial charge in [0.25, 0.3) is 0 Å². The minimum absolute atomic E-state index is 1.19. The molecule has 0 nitrogen and oxygen atoms in total. The minimum atomic E-state index is -1.45. The van der Waals surface area contributed by atoms with E-state index in [0.717, 1.165) is 0 Å². The molecule has 0 saturated heterocycles. The Hall–Kier alpha value is 0.0469. The third kappa shape index (κ3) is 6.45. The van der Waals surface area contributed by atoms with Gasteiger partial charge in [-0.1, -0.05) is 43.8 Å². The van der Waals surface area contributed by atoms with E-state index >= 15 is 0 Å². The van der Waals surface area contributed by atoms with Crippen LogP contribution in [0.5, 0.6) is 0 Å². The number of thiol groups is 1. The van der Waals surface area contributed by atoms with Crippen LogP contribution in [0, 0.1) is 0 Å². The highest BCUT2D eigenvalue weighted by Gasteiger charge is 2.11. The zero-order valence-electron chi connectivity index (χ0n) is 7.51. The van der Waals surface area contributed by atoms with Gasteiger partial charge in [-0.15, -0.1) is 6.58 Å². The van der Waals surface area contributed by atoms with Crippen LogP contribution in [0.3, 0.4) is 0 Å². The van der Waals surface area contributed by atoms with Gasteiger partial charge in [0.05, 0.1) is 0 Å². The summed E-state index contributed by atoms with van der Waals surface area (Å²) in [7, 11) is -1.45. The molecule has 0 aliphatic heterocycles. The van der Waals surface area contributed by atoms with E-state index in [9.17, 15) is 0 Å². The van der Waals surface area contributed by atoms with Gasteiger partial charge < -0.3 is 0 Å². The Bertz CT molecular complexity index is 138. The van der Waals surface area contributed by atoms with Crippen LogP contribution in [-0.4, -0.2) is 7.22 Å². The lowest BCUT2D eigenvalue weighted by Crippen LogP contribution is -2.14. The van der Waals surface area contributed by atoms with Crippen LogP contribution in [0.1, 0.15) is 26.2 Å². The summed E-state index contributed by atoms with van der Waals surface area (Å²) in [6, 6.07) is 0. The molecule has 0 rings (SSSR count). The Labute approximate surface area is 76.5 Å². The highest BCUT2D eigenvalue weighted by atomic mass is 32.3. The molecule has 0 aromatic heterocycles. The van der Waals surface area contributed by atoms with Crippen LogP contribution in [-0.2, 0) is 0 Å². The second kappa shape index (κ2) is 5.67. The van der Waals surface area contributed by atoms with Gasteiger partial charge in [0.15, 0.2) is 7.22 Å². The summed E-state index contributed by atoms with van der Waals surface area (Å²) in [6.45, 7) is 8.14. The fourth-order valence-corrected chi connectivity index (χ4v) is 1.81. The first-order valence-electron chi connectivity index (χ1n) is 4.16. The topological polar surface area (TPSA) is 0 Å². The molecular weight excluding hydrogens is 168 g/mol. The number of unbranched alkanes of at least 4 members (excludes halogenated alkanes) is 2. The summed E-state index contributed by atoms with van der Waals surface area (Å²) in [5.41, 5.74) is 4.22. The van der Waals surface area contributed by atoms with E-state index in [-0.39, 0.29) is 0 Å². The molecule has 0 aromatic rings. The van der Waals surface area contributed by atoms with Gasteiger partial charge in [-0.05, 0) is 6.42 Å². The van der Waals surface area contributed by atoms with E-state index in [2.05, 4.69) is 43.9 Å². The Morgan fingerprint density at radius 3 is 2.64 bits per heavy atom. The van der Waals surface area contributed by atoms with Crippen molar-refractivity contribution in [3.63, 3.8) is 0 Å². The van der Waals surface area contributed by atoms with Crippen molar-refractivity contribution in [2.45, 2.75) is 32.7 Å². The summed E-state index contributed by atoms with van der Waals surface area (Å²) in [5.74, 6) is 0. The standard InChI is InChI=1S/C9H18SSi/c1-4-6-7-8-9-11(3,10)5-2/h5,8-10H,2,4,6-7H2,1,3H3. The molecule has 0 aliphatic carbocycles. The summed E-state index contributed by atoms with van der Waals surface area (Å²) in [4.78, 5) is 0. The SMILES string of the molecule is C=C[Si](C)(S)C=CCCCC. The molecule has 0 spiro atoms. The van der Waals surface area contributed by atoms with Crippen LogP contribution in [0.4, 0.5) is 0 Å². The van der Waals surface area contributed by atoms with Gasteiger partial charge in [-0.25, -0.2) is 0 Å². The monoisotopic (exact) mass is 186 g/mol. The highest BCUT2D eigenvalue weighted by molar-refractivity contribution is 8.15. The van der Waals surface area contributed by atoms with E-state index in [1.54, 1.807) is 0 Å². The lowest BCUT2D eigenvalue weighted by Gasteiger charge is -2.08. The quantitative estimate of drug-likeness (QED) is 0.379. The first-order valence-corrected chi connectivity index (χ1v) is 8.10. The zero-order valence-corrected chi connectivity index (χ0v) is 9.40. The highest BCUT2D eigenvalue weighted by Crippen LogP contribution is 2.11. The molecule has 0 N–H and O–H groups in total. The van der Waals surface area contributed by atoms with Crippen molar-refractivity contribution >= 4 is 19.3 Å². The van der Waals surface area contributed by atoms with Gasteiger partial charge in [0, 0.05) is 0 Å². The Morgan fingerprint density at radius 2 is 2.18 bits per heavy atom. The summed E-state index contributed by atoms with van der Waals surface area (Å²) < 4.78 is 0. The fraction of sp³-hybridized carbons (Fsp3) is 0.556. The van der Waals surface area contributed by atoms with E-state index in [1.165, 1.54) is 19.3 Å². The predicted octanol–water partition coefficient (Wildman–Crippen LogP) is 3.50. The molecule has 1 atom stereocenters. The smallest absolute Gasteiger partial charge is 0.156 e. The molecule has 0 heterocycles. The molecule has 0 aliphatic rings. The second-order valence-corrected chi connectivity index (χ2v) is 9.06. The second-order valence-electron chi connectivity index (χ2n) is 2.97. The van der Waals surface area contributed by atoms with Gasteiger partial charge in [-0.3, -0.25) is 0 Å². The molecule has 0 fully saturated rings. The van der Waals surface area contributed by atoms with Crippen molar-refractivity contribution in [1.29, 1.82) is 0 Å². The maximum Gasteiger partial charge on any atom is 0.156 e. The molecule has 0 bridgehead atoms. The number of hydrogen-bond acceptors (Lipinski definition) is 1. The number of rotatable bonds is 5. The molecule has 0 amide bonds. The first kappa shape index (κ1) is 11.0. The molecule has 0 radical (unpaired) electrons. The van der Waals surface area contributed by atoms with E-state index in [4.69, 9.17) is 0 Å². The van der Waals surface area contributed by atoms with Crippen LogP contribution in [0.25, 0.3) is 0 Å². The van der Waals surface area contributed by atoms with Crippen LogP contribution >= 0.6 is 12.1 Å². The molecule has 64 valence electrons. The van der Waals surface area contributed by atoms with Gasteiger partial charge in [0.2, 0.25) is 0 Å². The Kier molecular flexibility index (Phi) is 5.69. The minimum Gasteiger partial charge on any atom is -0.192 e. The van der Waals surface area contributed by atoms with E-state index in [1.807, 2.05) is 5.70 Å². The van der Waals surface area contributed by atoms with Crippen LogP contribution in [0.15, 0.2) is 24.1 Å². The van der Waals surface area contributed by atoms with Crippen LogP contribution < -0.4 is 0 Å². The van der Waals surface area contributed by atoms with Gasteiger partial charge >= 0.3 is 0 Å². The lowest BCUT2D eigenvalue weighted by molar-refractivity contribution is 0.815. The number of hydrogen-bond donors (Lipinski definition) is 1. The molecule has 0 aromatic carbocycles. The molecule has 11 heavy (non-hydrogen) atoms. The van der Waals surface area contributed by atoms with Gasteiger partial charge in [0.1, 0.15) is 0 Å². The normalized spacial score (nSPS) is 16.6. The molecule has 0 saturated carbocycles. The summed E-state index contributed by atoms with van der Waals surface area (Å²) in [6.07, 6.45) is 5.98. The fourth-order valence-electron chi connectivity index (χ4n) is 0.712. The largest absolute Gasteiger partial charge is 0.192 e. The van der Waals surface area contributed by atoms with Crippen molar-refractivity contribution in [3.8, 4) is 0 Å². The van der Waals surface area contributed by atoms with Crippen molar-refractivity contribution in [2.75, 3.05) is 0 Å². The Balaban J connectivity index is 3.63. The van der Waals surface area contributed by atoms with Gasteiger partial charge in [-0.2, -0.15) is 12.1 Å². The lowest BCUT2D eigenvalue weighted by atomic mass is 10.2. The van der Waals surface area contributed by atoms with Crippen molar-refractivity contribution in [2.24, 2.45) is 0 Å². The Morgan fingerprint density at radius 1 is 1.55 bits per heavy atom. The molecule has 2 heteroatoms. The first-order chi connectivity index (χ1) is 5.12. The average Bonchev–Trinajstić information content (AvgIpc) is 1.99. The average molecular weight is 186 g/mol. The third-order valence-corrected chi connectivity index (χ3v) is 4.32. The van der Waals surface area contributed by atoms with E-state index in [0.29, 0.717) is 0 Å².